The largest absolute Gasteiger partial charge is 0.309 e. The van der Waals surface area contributed by atoms with E-state index in [1.54, 1.807) is 0 Å². The van der Waals surface area contributed by atoms with E-state index in [1.807, 2.05) is 61.7 Å². The smallest absolute Gasteiger partial charge is 0.0644 e. The maximum Gasteiger partial charge on any atom is 0.0644 e. The molecule has 334 valence electrons. The third-order valence-electron chi connectivity index (χ3n) is 15.0. The normalized spacial score (nSPS) is 13.7. The van der Waals surface area contributed by atoms with Gasteiger partial charge in [0.1, 0.15) is 0 Å². The molecular weight excluding hydrogens is 853 g/mol. The molecule has 6 nitrogen and oxygen atoms in total. The van der Waals surface area contributed by atoms with Crippen LogP contribution in [0.4, 0.5) is 34.1 Å². The molecule has 6 heteroatoms. The molecule has 4 aromatic heterocycles. The molecule has 0 bridgehead atoms. The summed E-state index contributed by atoms with van der Waals surface area (Å²) in [6.07, 6.45) is 14.9. The molecule has 0 saturated carbocycles. The van der Waals surface area contributed by atoms with Crippen molar-refractivity contribution in [3.8, 4) is 44.5 Å². The second kappa shape index (κ2) is 15.9. The van der Waals surface area contributed by atoms with E-state index in [0.29, 0.717) is 0 Å². The molecule has 2 aliphatic rings. The van der Waals surface area contributed by atoms with Gasteiger partial charge >= 0.3 is 0 Å². The quantitative estimate of drug-likeness (QED) is 0.142. The summed E-state index contributed by atoms with van der Waals surface area (Å²) in [5.74, 6) is 0. The van der Waals surface area contributed by atoms with E-state index in [2.05, 4.69) is 215 Å². The van der Waals surface area contributed by atoms with Crippen LogP contribution in [0.1, 0.15) is 49.9 Å². The lowest BCUT2D eigenvalue weighted by Crippen LogP contribution is -2.15. The van der Waals surface area contributed by atoms with Crippen molar-refractivity contribution in [2.24, 2.45) is 0 Å². The number of rotatable bonds is 8. The number of nitrogens with zero attached hydrogens (tertiary/aromatic N) is 6. The highest BCUT2D eigenvalue weighted by Crippen LogP contribution is 2.54. The van der Waals surface area contributed by atoms with E-state index in [9.17, 15) is 0 Å². The Morgan fingerprint density at radius 1 is 0.300 bits per heavy atom. The van der Waals surface area contributed by atoms with Gasteiger partial charge in [-0.25, -0.2) is 0 Å². The Bertz CT molecular complexity index is 3500. The van der Waals surface area contributed by atoms with E-state index >= 15 is 0 Å². The monoisotopic (exact) mass is 900 g/mol. The van der Waals surface area contributed by atoms with Crippen molar-refractivity contribution < 1.29 is 0 Å². The number of benzene rings is 7. The second-order valence-electron chi connectivity index (χ2n) is 19.6. The van der Waals surface area contributed by atoms with Crippen LogP contribution in [0, 0.1) is 0 Å². The maximum absolute atomic E-state index is 4.60. The van der Waals surface area contributed by atoms with Crippen LogP contribution in [0.15, 0.2) is 219 Å². The first-order valence-corrected chi connectivity index (χ1v) is 24.0. The Kier molecular flexibility index (Phi) is 9.43. The SMILES string of the molecule is CC1(C)c2ccccc2-c2ccc(-c3c4ccc(N(c5ccncc5)c5cccnc5)cc4c(-c4ccc5c(c4)C(C)(C)c4ccccc4-5)c4ccc(N(c5ccncc5)c5cccnc5)cc34)cc21. The van der Waals surface area contributed by atoms with Gasteiger partial charge in [-0.15, -0.1) is 0 Å². The fraction of sp³-hybridized carbons (Fsp3) is 0.0938. The van der Waals surface area contributed by atoms with E-state index in [-0.39, 0.29) is 10.8 Å². The molecule has 0 saturated heterocycles. The van der Waals surface area contributed by atoms with Crippen LogP contribution in [-0.4, -0.2) is 19.9 Å². The third kappa shape index (κ3) is 6.40. The number of aromatic nitrogens is 4. The average Bonchev–Trinajstić information content (AvgIpc) is 3.78. The third-order valence-corrected chi connectivity index (χ3v) is 15.0. The summed E-state index contributed by atoms with van der Waals surface area (Å²) in [5, 5.41) is 4.64. The van der Waals surface area contributed by atoms with Crippen LogP contribution in [-0.2, 0) is 10.8 Å². The van der Waals surface area contributed by atoms with Crippen molar-refractivity contribution >= 4 is 55.7 Å². The molecule has 0 fully saturated rings. The molecule has 70 heavy (non-hydrogen) atoms. The summed E-state index contributed by atoms with van der Waals surface area (Å²) in [6, 6.07) is 62.7. The van der Waals surface area contributed by atoms with Gasteiger partial charge in [0.05, 0.1) is 23.8 Å². The minimum Gasteiger partial charge on any atom is -0.309 e. The molecule has 0 radical (unpaired) electrons. The van der Waals surface area contributed by atoms with Gasteiger partial charge in [-0.3, -0.25) is 19.9 Å². The molecule has 0 unspecified atom stereocenters. The van der Waals surface area contributed by atoms with Crippen molar-refractivity contribution in [1.82, 2.24) is 19.9 Å². The van der Waals surface area contributed by atoms with E-state index < -0.39 is 0 Å². The summed E-state index contributed by atoms with van der Waals surface area (Å²) < 4.78 is 0. The molecule has 0 atom stereocenters. The van der Waals surface area contributed by atoms with Crippen LogP contribution >= 0.6 is 0 Å². The Balaban J connectivity index is 1.15. The Morgan fingerprint density at radius 2 is 0.714 bits per heavy atom. The van der Waals surface area contributed by atoms with Crippen molar-refractivity contribution in [3.63, 3.8) is 0 Å². The first-order valence-electron chi connectivity index (χ1n) is 24.0. The van der Waals surface area contributed by atoms with Gasteiger partial charge in [-0.1, -0.05) is 113 Å². The van der Waals surface area contributed by atoms with Gasteiger partial charge in [0, 0.05) is 70.8 Å². The van der Waals surface area contributed by atoms with Gasteiger partial charge < -0.3 is 9.80 Å². The summed E-state index contributed by atoms with van der Waals surface area (Å²) in [6.45, 7) is 9.47. The fourth-order valence-electron chi connectivity index (χ4n) is 11.7. The Labute approximate surface area is 408 Å². The molecule has 13 rings (SSSR count). The number of pyridine rings is 4. The summed E-state index contributed by atoms with van der Waals surface area (Å²) in [4.78, 5) is 22.6. The molecule has 2 aliphatic carbocycles. The van der Waals surface area contributed by atoms with Gasteiger partial charge in [-0.05, 0) is 173 Å². The van der Waals surface area contributed by atoms with Crippen molar-refractivity contribution in [1.29, 1.82) is 0 Å². The second-order valence-corrected chi connectivity index (χ2v) is 19.6. The van der Waals surface area contributed by atoms with Crippen molar-refractivity contribution in [2.75, 3.05) is 9.80 Å². The highest BCUT2D eigenvalue weighted by Gasteiger charge is 2.37. The molecule has 0 N–H and O–H groups in total. The standard InChI is InChI=1S/C64H48N6/c1-63(2)57-15-7-5-13-49(57)51-21-17-41(35-59(51)63)61-53-23-19-46(70(44-27-33-66-34-28-44)48-12-10-30-68-40-48)38-56(53)62(42-18-22-52-50-14-6-8-16-58(50)64(3,4)60(52)36-42)54-24-20-45(37-55(54)61)69(43-25-31-65-32-26-43)47-11-9-29-67-39-47/h5-40H,1-4H3. The lowest BCUT2D eigenvalue weighted by molar-refractivity contribution is 0.660. The predicted molar refractivity (Wildman–Crippen MR) is 288 cm³/mol. The number of anilines is 6. The Hall–Kier alpha value is -8.74. The van der Waals surface area contributed by atoms with Gasteiger partial charge in [0.2, 0.25) is 0 Å². The minimum absolute atomic E-state index is 0.187. The molecular formula is C64H48N6. The summed E-state index contributed by atoms with van der Waals surface area (Å²) in [7, 11) is 0. The van der Waals surface area contributed by atoms with Gasteiger partial charge in [-0.2, -0.15) is 0 Å². The van der Waals surface area contributed by atoms with Gasteiger partial charge in [0.15, 0.2) is 0 Å². The molecule has 0 aliphatic heterocycles. The van der Waals surface area contributed by atoms with E-state index in [4.69, 9.17) is 0 Å². The van der Waals surface area contributed by atoms with Crippen molar-refractivity contribution in [2.45, 2.75) is 38.5 Å². The average molecular weight is 901 g/mol. The molecule has 0 amide bonds. The lowest BCUT2D eigenvalue weighted by Gasteiger charge is -2.28. The zero-order valence-electron chi connectivity index (χ0n) is 39.5. The first kappa shape index (κ1) is 41.4. The molecule has 11 aromatic rings. The van der Waals surface area contributed by atoms with E-state index in [0.717, 1.165) is 55.7 Å². The number of hydrogen-bond donors (Lipinski definition) is 0. The minimum atomic E-state index is -0.187. The van der Waals surface area contributed by atoms with E-state index in [1.165, 1.54) is 66.8 Å². The van der Waals surface area contributed by atoms with Crippen molar-refractivity contribution in [3.05, 3.63) is 242 Å². The predicted octanol–water partition coefficient (Wildman–Crippen LogP) is 16.5. The fourth-order valence-corrected chi connectivity index (χ4v) is 11.7. The molecule has 7 aromatic carbocycles. The highest BCUT2D eigenvalue weighted by atomic mass is 15.2. The summed E-state index contributed by atoms with van der Waals surface area (Å²) >= 11 is 0. The number of hydrogen-bond acceptors (Lipinski definition) is 6. The molecule has 0 spiro atoms. The summed E-state index contributed by atoms with van der Waals surface area (Å²) in [5.41, 5.74) is 20.9. The van der Waals surface area contributed by atoms with Gasteiger partial charge in [0.25, 0.3) is 0 Å². The molecule has 4 heterocycles. The first-order chi connectivity index (χ1) is 34.3. The topological polar surface area (TPSA) is 58.0 Å². The van der Waals surface area contributed by atoms with Crippen LogP contribution in [0.25, 0.3) is 66.1 Å². The Morgan fingerprint density at radius 3 is 1.13 bits per heavy atom. The zero-order chi connectivity index (χ0) is 47.1. The van der Waals surface area contributed by atoms with Crippen LogP contribution in [0.5, 0.6) is 0 Å². The maximum atomic E-state index is 4.60. The zero-order valence-corrected chi connectivity index (χ0v) is 39.5. The number of fused-ring (bicyclic) bond motifs is 8. The lowest BCUT2D eigenvalue weighted by atomic mass is 9.79. The highest BCUT2D eigenvalue weighted by molar-refractivity contribution is 6.23. The van der Waals surface area contributed by atoms with Crippen LogP contribution < -0.4 is 9.80 Å². The van der Waals surface area contributed by atoms with Crippen LogP contribution in [0.2, 0.25) is 0 Å². The van der Waals surface area contributed by atoms with Crippen LogP contribution in [0.3, 0.4) is 0 Å².